The Labute approximate surface area is 183 Å². The van der Waals surface area contributed by atoms with Crippen LogP contribution in [0.4, 0.5) is 20.8 Å². The lowest BCUT2D eigenvalue weighted by Crippen LogP contribution is -2.27. The molecule has 10 nitrogen and oxygen atoms in total. The van der Waals surface area contributed by atoms with Crippen molar-refractivity contribution in [2.45, 2.75) is 25.2 Å². The van der Waals surface area contributed by atoms with Crippen LogP contribution in [0.2, 0.25) is 0 Å². The summed E-state index contributed by atoms with van der Waals surface area (Å²) in [5.74, 6) is 0.368. The number of benzene rings is 1. The van der Waals surface area contributed by atoms with Crippen LogP contribution in [-0.2, 0) is 0 Å². The summed E-state index contributed by atoms with van der Waals surface area (Å²) in [7, 11) is 0. The molecule has 0 saturated heterocycles. The Kier molecular flexibility index (Phi) is 6.24. The van der Waals surface area contributed by atoms with Crippen LogP contribution in [0.3, 0.4) is 0 Å². The number of ether oxygens (including phenoxy) is 1. The summed E-state index contributed by atoms with van der Waals surface area (Å²) in [4.78, 5) is 27.0. The molecule has 1 amide bonds. The van der Waals surface area contributed by atoms with Crippen LogP contribution in [0.15, 0.2) is 36.8 Å². The number of hydrogen-bond acceptors (Lipinski definition) is 8. The lowest BCUT2D eigenvalue weighted by molar-refractivity contribution is 0.195. The predicted octanol–water partition coefficient (Wildman–Crippen LogP) is 3.39. The number of anilines is 2. The Bertz CT molecular complexity index is 1110. The maximum absolute atomic E-state index is 15.6. The first-order valence-electron chi connectivity index (χ1n) is 10.1. The van der Waals surface area contributed by atoms with E-state index in [1.807, 2.05) is 6.07 Å². The molecule has 2 aromatic heterocycles. The SMILES string of the molecule is Nc1cnc(-c2ccc(C3CCC3)c(Oc3nccc(NCCNC(=O)O)n3)c2F)cn1. The van der Waals surface area contributed by atoms with Gasteiger partial charge in [-0.15, -0.1) is 0 Å². The number of nitrogens with one attached hydrogen (secondary N) is 2. The van der Waals surface area contributed by atoms with Gasteiger partial charge in [0.05, 0.1) is 18.1 Å². The monoisotopic (exact) mass is 439 g/mol. The second-order valence-electron chi connectivity index (χ2n) is 7.29. The molecule has 0 aliphatic heterocycles. The molecule has 1 aliphatic carbocycles. The number of nitrogens with zero attached hydrogens (tertiary/aromatic N) is 4. The van der Waals surface area contributed by atoms with Gasteiger partial charge in [0.1, 0.15) is 11.6 Å². The molecule has 0 atom stereocenters. The maximum atomic E-state index is 15.6. The van der Waals surface area contributed by atoms with Crippen LogP contribution < -0.4 is 21.1 Å². The summed E-state index contributed by atoms with van der Waals surface area (Å²) in [6.45, 7) is 0.510. The van der Waals surface area contributed by atoms with E-state index in [0.717, 1.165) is 24.8 Å². The zero-order valence-corrected chi connectivity index (χ0v) is 17.1. The highest BCUT2D eigenvalue weighted by molar-refractivity contribution is 5.65. The van der Waals surface area contributed by atoms with E-state index in [0.29, 0.717) is 18.1 Å². The van der Waals surface area contributed by atoms with E-state index in [4.69, 9.17) is 15.6 Å². The smallest absolute Gasteiger partial charge is 0.404 e. The summed E-state index contributed by atoms with van der Waals surface area (Å²) >= 11 is 0. The van der Waals surface area contributed by atoms with Gasteiger partial charge < -0.3 is 26.2 Å². The third-order valence-corrected chi connectivity index (χ3v) is 5.15. The average Bonchev–Trinajstić information content (AvgIpc) is 2.74. The van der Waals surface area contributed by atoms with Gasteiger partial charge in [-0.3, -0.25) is 4.98 Å². The molecule has 1 fully saturated rings. The van der Waals surface area contributed by atoms with Gasteiger partial charge in [-0.05, 0) is 30.9 Å². The van der Waals surface area contributed by atoms with E-state index < -0.39 is 11.9 Å². The molecule has 0 radical (unpaired) electrons. The number of halogens is 1. The topological polar surface area (TPSA) is 148 Å². The Morgan fingerprint density at radius 2 is 2.03 bits per heavy atom. The van der Waals surface area contributed by atoms with E-state index in [-0.39, 0.29) is 35.6 Å². The molecule has 4 rings (SSSR count). The second-order valence-corrected chi connectivity index (χ2v) is 7.29. The molecule has 2 heterocycles. The van der Waals surface area contributed by atoms with E-state index in [1.165, 1.54) is 18.6 Å². The second kappa shape index (κ2) is 9.41. The molecular weight excluding hydrogens is 417 g/mol. The minimum absolute atomic E-state index is 0.0267. The summed E-state index contributed by atoms with van der Waals surface area (Å²) < 4.78 is 21.4. The number of nitrogens with two attached hydrogens (primary N) is 1. The molecule has 1 aliphatic rings. The number of aromatic nitrogens is 4. The molecular formula is C21H22FN7O3. The number of nitrogen functional groups attached to an aromatic ring is 1. The van der Waals surface area contributed by atoms with Gasteiger partial charge >= 0.3 is 12.1 Å². The van der Waals surface area contributed by atoms with Crippen molar-refractivity contribution in [3.63, 3.8) is 0 Å². The standard InChI is InChI=1S/C21H22FN7O3/c22-18-14(15-10-28-16(23)11-27-15)5-4-13(12-2-1-3-12)19(18)32-20-25-7-6-17(29-20)24-8-9-26-21(30)31/h4-7,10-12,26H,1-3,8-9H2,(H2,23,28)(H,30,31)(H,24,25,29). The van der Waals surface area contributed by atoms with Crippen LogP contribution in [0.25, 0.3) is 11.3 Å². The van der Waals surface area contributed by atoms with Gasteiger partial charge in [-0.2, -0.15) is 4.98 Å². The number of amides is 1. The molecule has 0 spiro atoms. The van der Waals surface area contributed by atoms with E-state index in [1.54, 1.807) is 12.1 Å². The van der Waals surface area contributed by atoms with Crippen molar-refractivity contribution in [1.82, 2.24) is 25.3 Å². The van der Waals surface area contributed by atoms with Crippen molar-refractivity contribution in [3.8, 4) is 23.0 Å². The van der Waals surface area contributed by atoms with Crippen molar-refractivity contribution >= 4 is 17.7 Å². The van der Waals surface area contributed by atoms with E-state index >= 15 is 4.39 Å². The summed E-state index contributed by atoms with van der Waals surface area (Å²) in [6, 6.07) is 5.10. The molecule has 0 unspecified atom stereocenters. The quantitative estimate of drug-likeness (QED) is 0.387. The first-order chi connectivity index (χ1) is 15.5. The minimum atomic E-state index is -1.11. The van der Waals surface area contributed by atoms with Crippen molar-refractivity contribution in [2.24, 2.45) is 0 Å². The zero-order valence-electron chi connectivity index (χ0n) is 17.1. The molecule has 1 saturated carbocycles. The highest BCUT2D eigenvalue weighted by atomic mass is 19.1. The fourth-order valence-electron chi connectivity index (χ4n) is 3.33. The van der Waals surface area contributed by atoms with Gasteiger partial charge in [0.15, 0.2) is 11.6 Å². The van der Waals surface area contributed by atoms with E-state index in [9.17, 15) is 4.79 Å². The van der Waals surface area contributed by atoms with Crippen molar-refractivity contribution in [1.29, 1.82) is 0 Å². The van der Waals surface area contributed by atoms with Crippen LogP contribution in [-0.4, -0.2) is 44.2 Å². The summed E-state index contributed by atoms with van der Waals surface area (Å²) in [5, 5.41) is 13.8. The molecule has 11 heteroatoms. The number of carboxylic acid groups (broad SMARTS) is 1. The van der Waals surface area contributed by atoms with Gasteiger partial charge in [0.2, 0.25) is 0 Å². The molecule has 166 valence electrons. The highest BCUT2D eigenvalue weighted by Crippen LogP contribution is 2.44. The van der Waals surface area contributed by atoms with Crippen molar-refractivity contribution < 1.29 is 19.0 Å². The van der Waals surface area contributed by atoms with Crippen LogP contribution in [0.1, 0.15) is 30.7 Å². The Morgan fingerprint density at radius 3 is 2.72 bits per heavy atom. The molecule has 32 heavy (non-hydrogen) atoms. The molecule has 3 aromatic rings. The lowest BCUT2D eigenvalue weighted by atomic mass is 9.79. The third kappa shape index (κ3) is 4.82. The fourth-order valence-corrected chi connectivity index (χ4v) is 3.33. The first-order valence-corrected chi connectivity index (χ1v) is 10.1. The van der Waals surface area contributed by atoms with Crippen LogP contribution in [0, 0.1) is 5.82 Å². The summed E-state index contributed by atoms with van der Waals surface area (Å²) in [5.41, 5.74) is 6.92. The average molecular weight is 439 g/mol. The maximum Gasteiger partial charge on any atom is 0.404 e. The molecule has 1 aromatic carbocycles. The van der Waals surface area contributed by atoms with Crippen LogP contribution in [0.5, 0.6) is 11.8 Å². The third-order valence-electron chi connectivity index (χ3n) is 5.15. The molecule has 5 N–H and O–H groups in total. The van der Waals surface area contributed by atoms with Gasteiger partial charge in [0, 0.05) is 30.4 Å². The number of hydrogen-bond donors (Lipinski definition) is 4. The lowest BCUT2D eigenvalue weighted by Gasteiger charge is -2.28. The number of rotatable bonds is 8. The first kappa shape index (κ1) is 21.2. The van der Waals surface area contributed by atoms with Crippen LogP contribution >= 0.6 is 0 Å². The van der Waals surface area contributed by atoms with Gasteiger partial charge in [0.25, 0.3) is 0 Å². The Hall–Kier alpha value is -4.02. The normalized spacial score (nSPS) is 13.3. The van der Waals surface area contributed by atoms with Crippen molar-refractivity contribution in [2.75, 3.05) is 24.1 Å². The van der Waals surface area contributed by atoms with Crippen molar-refractivity contribution in [3.05, 3.63) is 48.2 Å². The van der Waals surface area contributed by atoms with E-state index in [2.05, 4.69) is 30.6 Å². The van der Waals surface area contributed by atoms with Gasteiger partial charge in [-0.1, -0.05) is 12.5 Å². The minimum Gasteiger partial charge on any atom is -0.465 e. The Morgan fingerprint density at radius 1 is 1.19 bits per heavy atom. The Balaban J connectivity index is 1.60. The highest BCUT2D eigenvalue weighted by Gasteiger charge is 2.27. The van der Waals surface area contributed by atoms with Gasteiger partial charge in [-0.25, -0.2) is 19.2 Å². The largest absolute Gasteiger partial charge is 0.465 e. The zero-order chi connectivity index (χ0) is 22.5. The summed E-state index contributed by atoms with van der Waals surface area (Å²) in [6.07, 6.45) is 6.14. The fraction of sp³-hybridized carbons (Fsp3) is 0.286. The predicted molar refractivity (Wildman–Crippen MR) is 115 cm³/mol. The molecule has 0 bridgehead atoms. The number of carbonyl (C=O) groups is 1.